The Bertz CT molecular complexity index is 901. The van der Waals surface area contributed by atoms with E-state index < -0.39 is 0 Å². The largest absolute Gasteiger partial charge is 0.325 e. The van der Waals surface area contributed by atoms with Gasteiger partial charge in [-0.2, -0.15) is 5.26 Å². The third-order valence-corrected chi connectivity index (χ3v) is 5.15. The third kappa shape index (κ3) is 4.18. The maximum Gasteiger partial charge on any atom is 0.261 e. The van der Waals surface area contributed by atoms with Crippen LogP contribution in [0.15, 0.2) is 53.4 Å². The molecule has 1 N–H and O–H groups in total. The lowest BCUT2D eigenvalue weighted by Crippen LogP contribution is -2.32. The van der Waals surface area contributed by atoms with Crippen molar-refractivity contribution >= 4 is 35.2 Å². The van der Waals surface area contributed by atoms with Crippen molar-refractivity contribution in [3.8, 4) is 6.07 Å². The zero-order valence-corrected chi connectivity index (χ0v) is 15.3. The Balaban J connectivity index is 1.59. The number of hydrogen-bond donors (Lipinski definition) is 1. The summed E-state index contributed by atoms with van der Waals surface area (Å²) < 4.78 is 0. The molecule has 1 aliphatic heterocycles. The van der Waals surface area contributed by atoms with E-state index in [1.54, 1.807) is 30.3 Å². The number of carbonyl (C=O) groups is 3. The number of para-hydroxylation sites is 1. The van der Waals surface area contributed by atoms with E-state index in [0.717, 1.165) is 9.80 Å². The minimum Gasteiger partial charge on any atom is -0.325 e. The van der Waals surface area contributed by atoms with Crippen LogP contribution in [-0.2, 0) is 4.79 Å². The van der Waals surface area contributed by atoms with Gasteiger partial charge < -0.3 is 5.32 Å². The molecule has 0 aliphatic carbocycles. The molecule has 3 amide bonds. The van der Waals surface area contributed by atoms with Gasteiger partial charge in [-0.15, -0.1) is 11.8 Å². The minimum absolute atomic E-state index is 0.0165. The lowest BCUT2D eigenvalue weighted by Gasteiger charge is -2.14. The number of imide groups is 1. The molecule has 0 atom stereocenters. The van der Waals surface area contributed by atoms with Crippen LogP contribution in [0.4, 0.5) is 5.69 Å². The molecule has 0 spiro atoms. The van der Waals surface area contributed by atoms with Gasteiger partial charge in [0, 0.05) is 30.0 Å². The number of hydrogen-bond acceptors (Lipinski definition) is 5. The number of benzene rings is 2. The SMILES string of the molecule is N#CCCSc1ccccc1NC(=O)CCN1C(=O)c2ccccc2C1=O. The zero-order chi connectivity index (χ0) is 19.2. The molecule has 7 heteroatoms. The average Bonchev–Trinajstić information content (AvgIpc) is 2.92. The Morgan fingerprint density at radius 3 is 2.33 bits per heavy atom. The fourth-order valence-electron chi connectivity index (χ4n) is 2.77. The first-order chi connectivity index (χ1) is 13.1. The van der Waals surface area contributed by atoms with Crippen LogP contribution < -0.4 is 5.32 Å². The first kappa shape index (κ1) is 18.7. The van der Waals surface area contributed by atoms with Gasteiger partial charge in [0.15, 0.2) is 0 Å². The second-order valence-electron chi connectivity index (χ2n) is 5.86. The van der Waals surface area contributed by atoms with Gasteiger partial charge in [-0.05, 0) is 24.3 Å². The molecular formula is C20H17N3O3S. The number of fused-ring (bicyclic) bond motifs is 1. The normalized spacial score (nSPS) is 12.6. The van der Waals surface area contributed by atoms with E-state index in [2.05, 4.69) is 11.4 Å². The highest BCUT2D eigenvalue weighted by Crippen LogP contribution is 2.28. The topological polar surface area (TPSA) is 90.3 Å². The Labute approximate surface area is 161 Å². The molecule has 1 heterocycles. The third-order valence-electron chi connectivity index (χ3n) is 4.07. The van der Waals surface area contributed by atoms with Crippen molar-refractivity contribution in [2.24, 2.45) is 0 Å². The number of amides is 3. The van der Waals surface area contributed by atoms with Crippen molar-refractivity contribution in [1.29, 1.82) is 5.26 Å². The van der Waals surface area contributed by atoms with E-state index in [9.17, 15) is 14.4 Å². The van der Waals surface area contributed by atoms with Crippen LogP contribution >= 0.6 is 11.8 Å². The highest BCUT2D eigenvalue weighted by molar-refractivity contribution is 7.99. The monoisotopic (exact) mass is 379 g/mol. The molecule has 3 rings (SSSR count). The zero-order valence-electron chi connectivity index (χ0n) is 14.5. The summed E-state index contributed by atoms with van der Waals surface area (Å²) in [6.45, 7) is 0.0297. The Hall–Kier alpha value is -3.11. The van der Waals surface area contributed by atoms with Crippen LogP contribution in [0.5, 0.6) is 0 Å². The van der Waals surface area contributed by atoms with Gasteiger partial charge in [-0.3, -0.25) is 19.3 Å². The van der Waals surface area contributed by atoms with Crippen molar-refractivity contribution in [2.45, 2.75) is 17.7 Å². The first-order valence-corrected chi connectivity index (χ1v) is 9.44. The van der Waals surface area contributed by atoms with Crippen LogP contribution in [0.25, 0.3) is 0 Å². The fourth-order valence-corrected chi connectivity index (χ4v) is 3.63. The number of thioether (sulfide) groups is 1. The van der Waals surface area contributed by atoms with Gasteiger partial charge >= 0.3 is 0 Å². The predicted octanol–water partition coefficient (Wildman–Crippen LogP) is 3.32. The van der Waals surface area contributed by atoms with Gasteiger partial charge in [0.05, 0.1) is 22.9 Å². The standard InChI is InChI=1S/C20H17N3O3S/c21-11-5-13-27-17-9-4-3-8-16(17)22-18(24)10-12-23-19(25)14-6-1-2-7-15(14)20(23)26/h1-4,6-9H,5,10,12-13H2,(H,22,24). The van der Waals surface area contributed by atoms with Crippen LogP contribution in [0.3, 0.4) is 0 Å². The Morgan fingerprint density at radius 1 is 1.04 bits per heavy atom. The van der Waals surface area contributed by atoms with E-state index in [1.165, 1.54) is 11.8 Å². The Kier molecular flexibility index (Phi) is 5.89. The molecule has 2 aromatic carbocycles. The van der Waals surface area contributed by atoms with Crippen molar-refractivity contribution in [3.05, 3.63) is 59.7 Å². The van der Waals surface area contributed by atoms with Crippen molar-refractivity contribution in [1.82, 2.24) is 4.90 Å². The van der Waals surface area contributed by atoms with E-state index in [1.807, 2.05) is 18.2 Å². The summed E-state index contributed by atoms with van der Waals surface area (Å²) in [7, 11) is 0. The number of carbonyl (C=O) groups excluding carboxylic acids is 3. The maximum atomic E-state index is 12.3. The molecular weight excluding hydrogens is 362 g/mol. The molecule has 6 nitrogen and oxygen atoms in total. The molecule has 0 bridgehead atoms. The smallest absolute Gasteiger partial charge is 0.261 e. The molecule has 27 heavy (non-hydrogen) atoms. The molecule has 0 saturated heterocycles. The quantitative estimate of drug-likeness (QED) is 0.453. The van der Waals surface area contributed by atoms with E-state index in [0.29, 0.717) is 29.0 Å². The molecule has 0 fully saturated rings. The molecule has 0 radical (unpaired) electrons. The molecule has 2 aromatic rings. The van der Waals surface area contributed by atoms with E-state index in [4.69, 9.17) is 5.26 Å². The summed E-state index contributed by atoms with van der Waals surface area (Å²) in [4.78, 5) is 38.9. The van der Waals surface area contributed by atoms with Gasteiger partial charge in [0.1, 0.15) is 0 Å². The van der Waals surface area contributed by atoms with Crippen molar-refractivity contribution < 1.29 is 14.4 Å². The molecule has 1 aliphatic rings. The lowest BCUT2D eigenvalue weighted by atomic mass is 10.1. The number of nitrogens with zero attached hydrogens (tertiary/aromatic N) is 2. The molecule has 136 valence electrons. The van der Waals surface area contributed by atoms with E-state index >= 15 is 0 Å². The van der Waals surface area contributed by atoms with E-state index in [-0.39, 0.29) is 30.7 Å². The summed E-state index contributed by atoms with van der Waals surface area (Å²) in [5.41, 5.74) is 1.41. The van der Waals surface area contributed by atoms with Gasteiger partial charge in [0.25, 0.3) is 11.8 Å². The summed E-state index contributed by atoms with van der Waals surface area (Å²) in [6.07, 6.45) is 0.440. The first-order valence-electron chi connectivity index (χ1n) is 8.45. The van der Waals surface area contributed by atoms with Crippen LogP contribution in [-0.4, -0.2) is 34.9 Å². The van der Waals surface area contributed by atoms with Gasteiger partial charge in [0.2, 0.25) is 5.91 Å². The second kappa shape index (κ2) is 8.52. The molecule has 0 unspecified atom stereocenters. The highest BCUT2D eigenvalue weighted by atomic mass is 32.2. The van der Waals surface area contributed by atoms with Gasteiger partial charge in [-0.1, -0.05) is 24.3 Å². The molecule has 0 saturated carbocycles. The minimum atomic E-state index is -0.365. The number of rotatable bonds is 7. The summed E-state index contributed by atoms with van der Waals surface area (Å²) in [5, 5.41) is 11.5. The van der Waals surface area contributed by atoms with Gasteiger partial charge in [-0.25, -0.2) is 0 Å². The lowest BCUT2D eigenvalue weighted by molar-refractivity contribution is -0.116. The number of nitrogens with one attached hydrogen (secondary N) is 1. The fraction of sp³-hybridized carbons (Fsp3) is 0.200. The average molecular weight is 379 g/mol. The number of nitriles is 1. The predicted molar refractivity (Wildman–Crippen MR) is 102 cm³/mol. The Morgan fingerprint density at radius 2 is 1.67 bits per heavy atom. The second-order valence-corrected chi connectivity index (χ2v) is 7.00. The van der Waals surface area contributed by atoms with Crippen LogP contribution in [0.2, 0.25) is 0 Å². The summed E-state index contributed by atoms with van der Waals surface area (Å²) in [5.74, 6) is -0.370. The van der Waals surface area contributed by atoms with Crippen LogP contribution in [0, 0.1) is 11.3 Å². The molecule has 0 aromatic heterocycles. The van der Waals surface area contributed by atoms with Crippen molar-refractivity contribution in [3.63, 3.8) is 0 Å². The number of anilines is 1. The van der Waals surface area contributed by atoms with Crippen LogP contribution in [0.1, 0.15) is 33.6 Å². The summed E-state index contributed by atoms with van der Waals surface area (Å²) >= 11 is 1.49. The maximum absolute atomic E-state index is 12.3. The van der Waals surface area contributed by atoms with Crippen molar-refractivity contribution in [2.75, 3.05) is 17.6 Å². The summed E-state index contributed by atoms with van der Waals surface area (Å²) in [6, 6.07) is 16.1. The highest BCUT2D eigenvalue weighted by Gasteiger charge is 2.34.